The van der Waals surface area contributed by atoms with E-state index in [0.717, 1.165) is 6.42 Å². The van der Waals surface area contributed by atoms with Crippen molar-refractivity contribution in [2.45, 2.75) is 12.3 Å². The molecule has 0 bridgehead atoms. The van der Waals surface area contributed by atoms with Crippen molar-refractivity contribution < 1.29 is 8.42 Å². The highest BCUT2D eigenvalue weighted by Crippen LogP contribution is 2.29. The lowest BCUT2D eigenvalue weighted by atomic mass is 10.0. The van der Waals surface area contributed by atoms with Gasteiger partial charge in [0.15, 0.2) is 0 Å². The fraction of sp³-hybridized carbons (Fsp3) is 0.556. The predicted molar refractivity (Wildman–Crippen MR) is 58.1 cm³/mol. The van der Waals surface area contributed by atoms with Crippen LogP contribution in [-0.4, -0.2) is 32.1 Å². The van der Waals surface area contributed by atoms with Gasteiger partial charge in [0.1, 0.15) is 0 Å². The molecular weight excluding hydrogens is 218 g/mol. The number of sulfonamides is 1. The number of hydrogen-bond acceptors (Lipinski definition) is 3. The molecule has 1 aliphatic heterocycles. The minimum atomic E-state index is -2.99. The fourth-order valence-corrected chi connectivity index (χ4v) is 3.44. The number of thiophene rings is 1. The molecule has 0 aromatic carbocycles. The molecule has 0 aliphatic carbocycles. The van der Waals surface area contributed by atoms with E-state index in [1.807, 2.05) is 5.38 Å². The first kappa shape index (κ1) is 10.1. The van der Waals surface area contributed by atoms with Crippen molar-refractivity contribution in [1.29, 1.82) is 0 Å². The summed E-state index contributed by atoms with van der Waals surface area (Å²) >= 11 is 1.67. The summed E-state index contributed by atoms with van der Waals surface area (Å²) in [6.07, 6.45) is 2.23. The average Bonchev–Trinajstić information content (AvgIpc) is 2.73. The van der Waals surface area contributed by atoms with E-state index < -0.39 is 10.0 Å². The Morgan fingerprint density at radius 3 is 2.86 bits per heavy atom. The molecule has 2 rings (SSSR count). The predicted octanol–water partition coefficient (Wildman–Crippen LogP) is 1.50. The van der Waals surface area contributed by atoms with Crippen LogP contribution in [0.3, 0.4) is 0 Å². The first-order valence-corrected chi connectivity index (χ1v) is 7.33. The molecular formula is C9H13NO2S2. The monoisotopic (exact) mass is 231 g/mol. The first-order valence-electron chi connectivity index (χ1n) is 4.54. The largest absolute Gasteiger partial charge is 0.213 e. The van der Waals surface area contributed by atoms with Crippen LogP contribution in [0.4, 0.5) is 0 Å². The van der Waals surface area contributed by atoms with E-state index in [0.29, 0.717) is 19.0 Å². The molecule has 1 atom stereocenters. The Hall–Kier alpha value is -0.390. The van der Waals surface area contributed by atoms with E-state index in [1.54, 1.807) is 15.6 Å². The van der Waals surface area contributed by atoms with Crippen molar-refractivity contribution in [2.24, 2.45) is 0 Å². The van der Waals surface area contributed by atoms with Gasteiger partial charge in [0.25, 0.3) is 0 Å². The molecule has 1 fully saturated rings. The van der Waals surface area contributed by atoms with Crippen molar-refractivity contribution in [2.75, 3.05) is 19.3 Å². The van der Waals surface area contributed by atoms with Gasteiger partial charge < -0.3 is 0 Å². The second-order valence-electron chi connectivity index (χ2n) is 3.66. The maximum atomic E-state index is 11.3. The summed E-state index contributed by atoms with van der Waals surface area (Å²) < 4.78 is 24.1. The molecule has 1 saturated heterocycles. The second kappa shape index (κ2) is 3.64. The number of hydrogen-bond donors (Lipinski definition) is 0. The van der Waals surface area contributed by atoms with E-state index in [9.17, 15) is 8.42 Å². The van der Waals surface area contributed by atoms with Gasteiger partial charge in [-0.05, 0) is 34.7 Å². The van der Waals surface area contributed by atoms with E-state index in [2.05, 4.69) is 11.4 Å². The van der Waals surface area contributed by atoms with Crippen molar-refractivity contribution >= 4 is 21.4 Å². The normalized spacial score (nSPS) is 24.2. The Morgan fingerprint density at radius 1 is 1.57 bits per heavy atom. The van der Waals surface area contributed by atoms with Crippen LogP contribution in [0.15, 0.2) is 16.8 Å². The maximum absolute atomic E-state index is 11.3. The van der Waals surface area contributed by atoms with Crippen LogP contribution in [0.25, 0.3) is 0 Å². The van der Waals surface area contributed by atoms with Gasteiger partial charge >= 0.3 is 0 Å². The maximum Gasteiger partial charge on any atom is 0.211 e. The lowest BCUT2D eigenvalue weighted by molar-refractivity contribution is 0.478. The standard InChI is InChI=1S/C9H13NO2S2/c1-14(11,12)10-4-2-8(6-10)9-3-5-13-7-9/h3,5,7-8H,2,4,6H2,1H3. The van der Waals surface area contributed by atoms with E-state index in [-0.39, 0.29) is 0 Å². The molecule has 14 heavy (non-hydrogen) atoms. The summed E-state index contributed by atoms with van der Waals surface area (Å²) in [6, 6.07) is 2.08. The van der Waals surface area contributed by atoms with Gasteiger partial charge in [-0.1, -0.05) is 0 Å². The molecule has 78 valence electrons. The molecule has 1 aromatic rings. The molecule has 2 heterocycles. The third-order valence-corrected chi connectivity index (χ3v) is 4.61. The Kier molecular flexibility index (Phi) is 2.64. The van der Waals surface area contributed by atoms with Gasteiger partial charge in [-0.15, -0.1) is 0 Å². The number of rotatable bonds is 2. The zero-order valence-electron chi connectivity index (χ0n) is 8.01. The minimum Gasteiger partial charge on any atom is -0.213 e. The lowest BCUT2D eigenvalue weighted by Crippen LogP contribution is -2.27. The van der Waals surface area contributed by atoms with Gasteiger partial charge in [-0.2, -0.15) is 11.3 Å². The van der Waals surface area contributed by atoms with Crippen LogP contribution >= 0.6 is 11.3 Å². The van der Waals surface area contributed by atoms with Gasteiger partial charge in [-0.25, -0.2) is 12.7 Å². The third kappa shape index (κ3) is 1.99. The molecule has 0 N–H and O–H groups in total. The zero-order valence-corrected chi connectivity index (χ0v) is 9.64. The molecule has 1 aromatic heterocycles. The van der Waals surface area contributed by atoms with Crippen molar-refractivity contribution in [3.05, 3.63) is 22.4 Å². The lowest BCUT2D eigenvalue weighted by Gasteiger charge is -2.12. The zero-order chi connectivity index (χ0) is 10.2. The Morgan fingerprint density at radius 2 is 2.36 bits per heavy atom. The third-order valence-electron chi connectivity index (χ3n) is 2.63. The summed E-state index contributed by atoms with van der Waals surface area (Å²) in [5.74, 6) is 0.399. The van der Waals surface area contributed by atoms with Crippen LogP contribution in [0.1, 0.15) is 17.9 Å². The van der Waals surface area contributed by atoms with Crippen LogP contribution in [-0.2, 0) is 10.0 Å². The fourth-order valence-electron chi connectivity index (χ4n) is 1.81. The van der Waals surface area contributed by atoms with Crippen molar-refractivity contribution in [3.8, 4) is 0 Å². The van der Waals surface area contributed by atoms with Crippen LogP contribution < -0.4 is 0 Å². The molecule has 0 radical (unpaired) electrons. The van der Waals surface area contributed by atoms with Gasteiger partial charge in [0.05, 0.1) is 6.26 Å². The number of nitrogens with zero attached hydrogens (tertiary/aromatic N) is 1. The molecule has 1 aliphatic rings. The Balaban J connectivity index is 2.10. The highest BCUT2D eigenvalue weighted by molar-refractivity contribution is 7.88. The summed E-state index contributed by atoms with van der Waals surface area (Å²) in [4.78, 5) is 0. The Labute approximate surface area is 88.4 Å². The van der Waals surface area contributed by atoms with E-state index >= 15 is 0 Å². The minimum absolute atomic E-state index is 0.399. The molecule has 0 amide bonds. The Bertz CT molecular complexity index is 396. The van der Waals surface area contributed by atoms with E-state index in [1.165, 1.54) is 11.8 Å². The van der Waals surface area contributed by atoms with Crippen LogP contribution in [0, 0.1) is 0 Å². The first-order chi connectivity index (χ1) is 6.57. The molecule has 0 spiro atoms. The van der Waals surface area contributed by atoms with Crippen LogP contribution in [0.5, 0.6) is 0 Å². The summed E-state index contributed by atoms with van der Waals surface area (Å²) in [7, 11) is -2.99. The van der Waals surface area contributed by atoms with Crippen molar-refractivity contribution in [1.82, 2.24) is 4.31 Å². The van der Waals surface area contributed by atoms with E-state index in [4.69, 9.17) is 0 Å². The highest BCUT2D eigenvalue weighted by atomic mass is 32.2. The molecule has 1 unspecified atom stereocenters. The molecule has 3 nitrogen and oxygen atoms in total. The smallest absolute Gasteiger partial charge is 0.211 e. The topological polar surface area (TPSA) is 37.4 Å². The van der Waals surface area contributed by atoms with Crippen LogP contribution in [0.2, 0.25) is 0 Å². The molecule has 0 saturated carbocycles. The second-order valence-corrected chi connectivity index (χ2v) is 6.43. The summed E-state index contributed by atoms with van der Waals surface area (Å²) in [6.45, 7) is 1.31. The van der Waals surface area contributed by atoms with Gasteiger partial charge in [-0.3, -0.25) is 0 Å². The summed E-state index contributed by atoms with van der Waals surface area (Å²) in [5, 5.41) is 4.15. The van der Waals surface area contributed by atoms with Crippen molar-refractivity contribution in [3.63, 3.8) is 0 Å². The quantitative estimate of drug-likeness (QED) is 0.773. The highest BCUT2D eigenvalue weighted by Gasteiger charge is 2.29. The SMILES string of the molecule is CS(=O)(=O)N1CCC(c2ccsc2)C1. The molecule has 5 heteroatoms. The average molecular weight is 231 g/mol. The van der Waals surface area contributed by atoms with Gasteiger partial charge in [0, 0.05) is 13.1 Å². The van der Waals surface area contributed by atoms with Gasteiger partial charge in [0.2, 0.25) is 10.0 Å². The summed E-state index contributed by atoms with van der Waals surface area (Å²) in [5.41, 5.74) is 1.28.